The average molecular weight is 403 g/mol. The van der Waals surface area contributed by atoms with Crippen molar-refractivity contribution in [2.75, 3.05) is 19.6 Å². The van der Waals surface area contributed by atoms with Gasteiger partial charge in [-0.1, -0.05) is 6.07 Å². The first-order chi connectivity index (χ1) is 14.0. The Hall–Kier alpha value is -2.94. The van der Waals surface area contributed by atoms with Gasteiger partial charge in [-0.05, 0) is 36.6 Å². The van der Waals surface area contributed by atoms with Crippen molar-refractivity contribution in [2.45, 2.75) is 25.3 Å². The van der Waals surface area contributed by atoms with Gasteiger partial charge in [0.05, 0.1) is 18.3 Å². The fraction of sp³-hybridized carbons (Fsp3) is 0.350. The van der Waals surface area contributed by atoms with Gasteiger partial charge in [-0.3, -0.25) is 19.8 Å². The average Bonchev–Trinajstić information content (AvgIpc) is 3.12. The van der Waals surface area contributed by atoms with Gasteiger partial charge < -0.3 is 5.32 Å². The molecule has 1 fully saturated rings. The van der Waals surface area contributed by atoms with Crippen molar-refractivity contribution < 1.29 is 18.0 Å². The number of nitrogens with one attached hydrogen (secondary N) is 2. The molecule has 0 bridgehead atoms. The Morgan fingerprint density at radius 1 is 1.21 bits per heavy atom. The quantitative estimate of drug-likeness (QED) is 0.686. The number of fused-ring (bicyclic) bond motifs is 1. The highest BCUT2D eigenvalue weighted by molar-refractivity contribution is 6.05. The van der Waals surface area contributed by atoms with E-state index in [-0.39, 0.29) is 24.2 Å². The Bertz CT molecular complexity index is 1010. The van der Waals surface area contributed by atoms with E-state index in [1.54, 1.807) is 29.3 Å². The van der Waals surface area contributed by atoms with Crippen LogP contribution in [0.1, 0.15) is 23.3 Å². The Labute approximate surface area is 165 Å². The first-order valence-electron chi connectivity index (χ1n) is 9.40. The fourth-order valence-corrected chi connectivity index (χ4v) is 3.65. The number of halogens is 3. The molecule has 29 heavy (non-hydrogen) atoms. The van der Waals surface area contributed by atoms with Crippen LogP contribution in [-0.2, 0) is 0 Å². The van der Waals surface area contributed by atoms with Crippen LogP contribution < -0.4 is 5.32 Å². The van der Waals surface area contributed by atoms with E-state index in [2.05, 4.69) is 20.5 Å². The Balaban J connectivity index is 1.49. The molecule has 2 N–H and O–H groups in total. The van der Waals surface area contributed by atoms with E-state index in [1.807, 2.05) is 0 Å². The molecule has 4 rings (SSSR count). The van der Waals surface area contributed by atoms with Crippen LogP contribution >= 0.6 is 0 Å². The molecule has 3 aromatic rings. The summed E-state index contributed by atoms with van der Waals surface area (Å²) in [5, 5.41) is 10.5. The molecule has 3 heterocycles. The van der Waals surface area contributed by atoms with E-state index in [4.69, 9.17) is 0 Å². The third-order valence-electron chi connectivity index (χ3n) is 5.14. The van der Waals surface area contributed by atoms with Crippen LogP contribution in [0, 0.1) is 5.82 Å². The summed E-state index contributed by atoms with van der Waals surface area (Å²) in [6, 6.07) is 6.65. The lowest BCUT2D eigenvalue weighted by atomic mass is 10.0. The van der Waals surface area contributed by atoms with Gasteiger partial charge in [0, 0.05) is 36.3 Å². The molecule has 6 nitrogen and oxygen atoms in total. The summed E-state index contributed by atoms with van der Waals surface area (Å²) >= 11 is 0. The second-order valence-electron chi connectivity index (χ2n) is 7.16. The zero-order chi connectivity index (χ0) is 20.4. The highest BCUT2D eigenvalue weighted by atomic mass is 19.3. The highest BCUT2D eigenvalue weighted by Gasteiger charge is 2.24. The maximum atomic E-state index is 13.5. The molecule has 1 aliphatic heterocycles. The molecule has 0 spiro atoms. The number of amides is 1. The summed E-state index contributed by atoms with van der Waals surface area (Å²) in [6.45, 7) is 0.809. The maximum absolute atomic E-state index is 13.5. The predicted octanol–water partition coefficient (Wildman–Crippen LogP) is 3.22. The Morgan fingerprint density at radius 2 is 2.00 bits per heavy atom. The van der Waals surface area contributed by atoms with Gasteiger partial charge in [-0.2, -0.15) is 5.10 Å². The summed E-state index contributed by atoms with van der Waals surface area (Å²) in [7, 11) is 0. The van der Waals surface area contributed by atoms with Crippen molar-refractivity contribution >= 4 is 16.8 Å². The number of alkyl halides is 2. The molecule has 0 aliphatic carbocycles. The van der Waals surface area contributed by atoms with Crippen molar-refractivity contribution in [3.8, 4) is 11.1 Å². The van der Waals surface area contributed by atoms with Crippen LogP contribution in [0.5, 0.6) is 0 Å². The van der Waals surface area contributed by atoms with Crippen LogP contribution in [0.25, 0.3) is 22.0 Å². The minimum absolute atomic E-state index is 0.0845. The van der Waals surface area contributed by atoms with Crippen LogP contribution in [-0.4, -0.2) is 58.1 Å². The van der Waals surface area contributed by atoms with Crippen molar-refractivity contribution in [3.63, 3.8) is 0 Å². The van der Waals surface area contributed by atoms with Crippen molar-refractivity contribution in [3.05, 3.63) is 48.2 Å². The lowest BCUT2D eigenvalue weighted by Gasteiger charge is -2.31. The van der Waals surface area contributed by atoms with E-state index in [1.165, 1.54) is 6.07 Å². The van der Waals surface area contributed by atoms with Gasteiger partial charge in [0.25, 0.3) is 12.3 Å². The predicted molar refractivity (Wildman–Crippen MR) is 102 cm³/mol. The lowest BCUT2D eigenvalue weighted by molar-refractivity contribution is 0.0695. The van der Waals surface area contributed by atoms with Crippen molar-refractivity contribution in [2.24, 2.45) is 0 Å². The maximum Gasteiger partial charge on any atom is 0.272 e. The van der Waals surface area contributed by atoms with E-state index >= 15 is 0 Å². The number of carbonyl (C=O) groups is 1. The molecule has 9 heteroatoms. The number of likely N-dealkylation sites (tertiary alicyclic amines) is 1. The first kappa shape index (κ1) is 19.4. The van der Waals surface area contributed by atoms with Crippen molar-refractivity contribution in [1.82, 2.24) is 25.4 Å². The zero-order valence-electron chi connectivity index (χ0n) is 15.5. The second kappa shape index (κ2) is 8.20. The number of benzene rings is 1. The number of aromatic nitrogens is 3. The number of hydrogen-bond acceptors (Lipinski definition) is 4. The summed E-state index contributed by atoms with van der Waals surface area (Å²) in [4.78, 5) is 18.3. The number of nitrogens with zero attached hydrogens (tertiary/aromatic N) is 3. The van der Waals surface area contributed by atoms with E-state index in [0.29, 0.717) is 42.4 Å². The van der Waals surface area contributed by atoms with E-state index in [9.17, 15) is 18.0 Å². The summed E-state index contributed by atoms with van der Waals surface area (Å²) in [5.41, 5.74) is 2.27. The highest BCUT2D eigenvalue weighted by Crippen LogP contribution is 2.25. The monoisotopic (exact) mass is 403 g/mol. The summed E-state index contributed by atoms with van der Waals surface area (Å²) < 4.78 is 38.5. The van der Waals surface area contributed by atoms with Gasteiger partial charge in [-0.25, -0.2) is 13.2 Å². The van der Waals surface area contributed by atoms with Gasteiger partial charge in [0.15, 0.2) is 5.69 Å². The van der Waals surface area contributed by atoms with Crippen LogP contribution in [0.3, 0.4) is 0 Å². The van der Waals surface area contributed by atoms with Gasteiger partial charge >= 0.3 is 0 Å². The summed E-state index contributed by atoms with van der Waals surface area (Å²) in [6.07, 6.45) is 1.56. The smallest absolute Gasteiger partial charge is 0.272 e. The molecule has 0 atom stereocenters. The Morgan fingerprint density at radius 3 is 2.72 bits per heavy atom. The molecule has 0 unspecified atom stereocenters. The van der Waals surface area contributed by atoms with Gasteiger partial charge in [-0.15, -0.1) is 0 Å². The number of piperidine rings is 1. The largest absolute Gasteiger partial charge is 0.348 e. The SMILES string of the molecule is O=C(NC1CCN(CC(F)F)CC1)c1n[nH]c2ccc(-c3cncc(F)c3)cc12. The number of rotatable bonds is 5. The number of H-pyrrole nitrogens is 1. The zero-order valence-corrected chi connectivity index (χ0v) is 15.5. The van der Waals surface area contributed by atoms with E-state index < -0.39 is 12.2 Å². The number of aromatic amines is 1. The molecular formula is C20H20F3N5O. The van der Waals surface area contributed by atoms with Gasteiger partial charge in [0.1, 0.15) is 5.82 Å². The molecule has 1 amide bonds. The molecular weight excluding hydrogens is 383 g/mol. The minimum Gasteiger partial charge on any atom is -0.348 e. The number of pyridine rings is 1. The minimum atomic E-state index is -2.35. The Kier molecular flexibility index (Phi) is 5.48. The lowest BCUT2D eigenvalue weighted by Crippen LogP contribution is -2.45. The van der Waals surface area contributed by atoms with Crippen molar-refractivity contribution in [1.29, 1.82) is 0 Å². The summed E-state index contributed by atoms with van der Waals surface area (Å²) in [5.74, 6) is -0.760. The molecule has 1 aromatic carbocycles. The first-order valence-corrected chi connectivity index (χ1v) is 9.40. The molecule has 1 aliphatic rings. The van der Waals surface area contributed by atoms with Crippen LogP contribution in [0.2, 0.25) is 0 Å². The third kappa shape index (κ3) is 4.40. The fourth-order valence-electron chi connectivity index (χ4n) is 3.65. The normalized spacial score (nSPS) is 15.9. The molecule has 2 aromatic heterocycles. The molecule has 152 valence electrons. The van der Waals surface area contributed by atoms with Crippen LogP contribution in [0.4, 0.5) is 13.2 Å². The van der Waals surface area contributed by atoms with Gasteiger partial charge in [0.2, 0.25) is 0 Å². The van der Waals surface area contributed by atoms with E-state index in [0.717, 1.165) is 11.8 Å². The number of carbonyl (C=O) groups excluding carboxylic acids is 1. The number of hydrogen-bond donors (Lipinski definition) is 2. The standard InChI is InChI=1S/C20H20F3N5O/c21-14-7-13(9-24-10-14)12-1-2-17-16(8-12)19(27-26-17)20(29)25-15-3-5-28(6-4-15)11-18(22)23/h1-2,7-10,15,18H,3-6,11H2,(H,25,29)(H,26,27). The van der Waals surface area contributed by atoms with Crippen LogP contribution in [0.15, 0.2) is 36.7 Å². The molecule has 1 saturated heterocycles. The molecule has 0 saturated carbocycles. The second-order valence-corrected chi connectivity index (χ2v) is 7.16. The third-order valence-corrected chi connectivity index (χ3v) is 5.14. The molecule has 0 radical (unpaired) electrons. The topological polar surface area (TPSA) is 73.9 Å².